The average Bonchev–Trinajstić information content (AvgIpc) is 2.87. The fraction of sp³-hybridized carbons (Fsp3) is 0.353. The maximum absolute atomic E-state index is 5.76. The number of hydrogen-bond donors (Lipinski definition) is 2. The van der Waals surface area contributed by atoms with Gasteiger partial charge in [-0.3, -0.25) is 4.90 Å². The summed E-state index contributed by atoms with van der Waals surface area (Å²) >= 11 is 1.79. The zero-order valence-electron chi connectivity index (χ0n) is 13.2. The predicted octanol–water partition coefficient (Wildman–Crippen LogP) is 2.73. The molecule has 2 aliphatic rings. The van der Waals surface area contributed by atoms with E-state index >= 15 is 0 Å². The molecule has 0 aliphatic carbocycles. The molecule has 1 fully saturated rings. The van der Waals surface area contributed by atoms with Crippen molar-refractivity contribution < 1.29 is 0 Å². The Kier molecular flexibility index (Phi) is 3.80. The molecule has 120 valence electrons. The van der Waals surface area contributed by atoms with Crippen LogP contribution >= 0.6 is 11.3 Å². The Morgan fingerprint density at radius 3 is 2.78 bits per heavy atom. The lowest BCUT2D eigenvalue weighted by molar-refractivity contribution is 0.186. The number of aliphatic imine (C=N–C) groups is 1. The van der Waals surface area contributed by atoms with Gasteiger partial charge in [-0.2, -0.15) is 0 Å². The van der Waals surface area contributed by atoms with Crippen molar-refractivity contribution in [3.8, 4) is 0 Å². The molecule has 2 aromatic rings. The van der Waals surface area contributed by atoms with Gasteiger partial charge in [0.15, 0.2) is 0 Å². The maximum atomic E-state index is 5.76. The van der Waals surface area contributed by atoms with E-state index in [2.05, 4.69) is 40.2 Å². The van der Waals surface area contributed by atoms with Crippen LogP contribution in [0, 0.1) is 6.92 Å². The summed E-state index contributed by atoms with van der Waals surface area (Å²) in [6, 6.07) is 10.5. The van der Waals surface area contributed by atoms with Crippen molar-refractivity contribution in [3.63, 3.8) is 0 Å². The van der Waals surface area contributed by atoms with Gasteiger partial charge in [-0.15, -0.1) is 11.3 Å². The molecule has 6 heteroatoms. The third-order valence-corrected chi connectivity index (χ3v) is 5.37. The summed E-state index contributed by atoms with van der Waals surface area (Å²) in [7, 11) is 0. The molecule has 0 unspecified atom stereocenters. The SMILES string of the molecule is Cc1cc2c(s1)Nc1ccccc1N=C2N1CCN(CN)CC1. The molecule has 0 bridgehead atoms. The molecule has 3 N–H and O–H groups in total. The molecule has 1 saturated heterocycles. The number of anilines is 2. The van der Waals surface area contributed by atoms with Gasteiger partial charge >= 0.3 is 0 Å². The van der Waals surface area contributed by atoms with E-state index in [4.69, 9.17) is 10.7 Å². The number of benzene rings is 1. The highest BCUT2D eigenvalue weighted by Gasteiger charge is 2.25. The van der Waals surface area contributed by atoms with E-state index in [1.807, 2.05) is 12.1 Å². The van der Waals surface area contributed by atoms with Gasteiger partial charge in [0.05, 0.1) is 16.9 Å². The van der Waals surface area contributed by atoms with Gasteiger partial charge in [-0.25, -0.2) is 4.99 Å². The monoisotopic (exact) mass is 327 g/mol. The Labute approximate surface area is 140 Å². The Bertz CT molecular complexity index is 743. The third-order valence-electron chi connectivity index (χ3n) is 4.40. The average molecular weight is 327 g/mol. The number of rotatable bonds is 1. The Balaban J connectivity index is 1.75. The number of fused-ring (bicyclic) bond motifs is 2. The zero-order valence-corrected chi connectivity index (χ0v) is 14.1. The van der Waals surface area contributed by atoms with Crippen LogP contribution in [0.5, 0.6) is 0 Å². The topological polar surface area (TPSA) is 56.9 Å². The molecule has 4 rings (SSSR count). The van der Waals surface area contributed by atoms with Crippen molar-refractivity contribution in [2.75, 3.05) is 38.2 Å². The number of thiophene rings is 1. The Hall–Kier alpha value is -1.89. The van der Waals surface area contributed by atoms with Gasteiger partial charge in [-0.05, 0) is 25.1 Å². The molecule has 1 aromatic heterocycles. The fourth-order valence-corrected chi connectivity index (χ4v) is 4.05. The molecule has 23 heavy (non-hydrogen) atoms. The van der Waals surface area contributed by atoms with Crippen molar-refractivity contribution in [3.05, 3.63) is 40.8 Å². The summed E-state index contributed by atoms with van der Waals surface area (Å²) in [5.41, 5.74) is 9.06. The van der Waals surface area contributed by atoms with Gasteiger partial charge in [-0.1, -0.05) is 12.1 Å². The first-order valence-corrected chi connectivity index (χ1v) is 8.79. The molecule has 2 aliphatic heterocycles. The van der Waals surface area contributed by atoms with E-state index in [1.54, 1.807) is 11.3 Å². The van der Waals surface area contributed by atoms with Gasteiger partial charge in [0.25, 0.3) is 0 Å². The minimum absolute atomic E-state index is 0.632. The number of nitrogens with two attached hydrogens (primary N) is 1. The molecular formula is C17H21N5S. The number of para-hydroxylation sites is 2. The summed E-state index contributed by atoms with van der Waals surface area (Å²) in [6.45, 7) is 6.69. The summed E-state index contributed by atoms with van der Waals surface area (Å²) in [5, 5.41) is 4.75. The minimum Gasteiger partial charge on any atom is -0.353 e. The largest absolute Gasteiger partial charge is 0.353 e. The minimum atomic E-state index is 0.632. The van der Waals surface area contributed by atoms with Crippen molar-refractivity contribution in [1.29, 1.82) is 0 Å². The van der Waals surface area contributed by atoms with E-state index in [0.717, 1.165) is 43.4 Å². The maximum Gasteiger partial charge on any atom is 0.139 e. The fourth-order valence-electron chi connectivity index (χ4n) is 3.13. The van der Waals surface area contributed by atoms with Crippen LogP contribution in [0.2, 0.25) is 0 Å². The molecular weight excluding hydrogens is 306 g/mol. The van der Waals surface area contributed by atoms with E-state index in [9.17, 15) is 0 Å². The van der Waals surface area contributed by atoms with E-state index in [0.29, 0.717) is 6.67 Å². The summed E-state index contributed by atoms with van der Waals surface area (Å²) in [5.74, 6) is 1.08. The normalized spacial score (nSPS) is 17.8. The van der Waals surface area contributed by atoms with Gasteiger partial charge in [0.1, 0.15) is 10.8 Å². The number of hydrogen-bond acceptors (Lipinski definition) is 6. The van der Waals surface area contributed by atoms with Crippen molar-refractivity contribution in [2.45, 2.75) is 6.92 Å². The summed E-state index contributed by atoms with van der Waals surface area (Å²) in [4.78, 5) is 11.0. The number of nitrogens with one attached hydrogen (secondary N) is 1. The van der Waals surface area contributed by atoms with Crippen LogP contribution in [0.1, 0.15) is 10.4 Å². The van der Waals surface area contributed by atoms with E-state index < -0.39 is 0 Å². The molecule has 3 heterocycles. The molecule has 0 radical (unpaired) electrons. The number of amidine groups is 1. The van der Waals surface area contributed by atoms with Gasteiger partial charge < -0.3 is 16.0 Å². The van der Waals surface area contributed by atoms with Crippen molar-refractivity contribution in [2.24, 2.45) is 10.7 Å². The first-order valence-electron chi connectivity index (χ1n) is 7.97. The number of nitrogens with zero attached hydrogens (tertiary/aromatic N) is 3. The standard InChI is InChI=1S/C17H21N5S/c1-12-10-13-16(22-8-6-21(11-18)7-9-22)19-14-4-2-3-5-15(14)20-17(13)23-12/h2-5,10,20H,6-9,11,18H2,1H3. The lowest BCUT2D eigenvalue weighted by Crippen LogP contribution is -2.50. The Morgan fingerprint density at radius 2 is 2.00 bits per heavy atom. The highest BCUT2D eigenvalue weighted by Crippen LogP contribution is 2.39. The van der Waals surface area contributed by atoms with E-state index in [-0.39, 0.29) is 0 Å². The molecule has 1 aromatic carbocycles. The van der Waals surface area contributed by atoms with Crippen molar-refractivity contribution >= 4 is 33.5 Å². The van der Waals surface area contributed by atoms with Crippen LogP contribution in [-0.4, -0.2) is 48.5 Å². The van der Waals surface area contributed by atoms with Gasteiger partial charge in [0.2, 0.25) is 0 Å². The summed E-state index contributed by atoms with van der Waals surface area (Å²) in [6.07, 6.45) is 0. The van der Waals surface area contributed by atoms with Crippen LogP contribution in [0.4, 0.5) is 16.4 Å². The van der Waals surface area contributed by atoms with Gasteiger partial charge in [0, 0.05) is 37.7 Å². The van der Waals surface area contributed by atoms with Crippen LogP contribution in [0.25, 0.3) is 0 Å². The molecule has 5 nitrogen and oxygen atoms in total. The second-order valence-electron chi connectivity index (χ2n) is 5.97. The van der Waals surface area contributed by atoms with Crippen molar-refractivity contribution in [1.82, 2.24) is 9.80 Å². The number of aryl methyl sites for hydroxylation is 1. The predicted molar refractivity (Wildman–Crippen MR) is 97.2 cm³/mol. The Morgan fingerprint density at radius 1 is 1.22 bits per heavy atom. The lowest BCUT2D eigenvalue weighted by Gasteiger charge is -2.35. The van der Waals surface area contributed by atoms with Crippen LogP contribution in [0.15, 0.2) is 35.3 Å². The third kappa shape index (κ3) is 2.73. The second kappa shape index (κ2) is 5.96. The first kappa shape index (κ1) is 14.7. The zero-order chi connectivity index (χ0) is 15.8. The smallest absolute Gasteiger partial charge is 0.139 e. The quantitative estimate of drug-likeness (QED) is 0.845. The van der Waals surface area contributed by atoms with E-state index in [1.165, 1.54) is 15.4 Å². The molecule has 0 amide bonds. The highest BCUT2D eigenvalue weighted by atomic mass is 32.1. The molecule has 0 saturated carbocycles. The second-order valence-corrected chi connectivity index (χ2v) is 7.22. The lowest BCUT2D eigenvalue weighted by atomic mass is 10.2. The number of piperazine rings is 1. The van der Waals surface area contributed by atoms with Crippen LogP contribution in [0.3, 0.4) is 0 Å². The highest BCUT2D eigenvalue weighted by molar-refractivity contribution is 7.16. The summed E-state index contributed by atoms with van der Waals surface area (Å²) < 4.78 is 0. The molecule has 0 spiro atoms. The molecule has 0 atom stereocenters. The first-order chi connectivity index (χ1) is 11.2. The van der Waals surface area contributed by atoms with Crippen LogP contribution in [-0.2, 0) is 0 Å². The van der Waals surface area contributed by atoms with Crippen LogP contribution < -0.4 is 11.1 Å².